The Balaban J connectivity index is 0.00000180. The Morgan fingerprint density at radius 1 is 1.20 bits per heavy atom. The molecule has 1 fully saturated rings. The minimum atomic E-state index is 0. The van der Waals surface area contributed by atoms with Crippen LogP contribution in [0.15, 0.2) is 28.7 Å². The summed E-state index contributed by atoms with van der Waals surface area (Å²) < 4.78 is 6.48. The van der Waals surface area contributed by atoms with E-state index in [4.69, 9.17) is 4.74 Å². The first-order chi connectivity index (χ1) is 8.84. The van der Waals surface area contributed by atoms with E-state index in [0.29, 0.717) is 0 Å². The van der Waals surface area contributed by atoms with Gasteiger partial charge >= 0.3 is 0 Å². The fourth-order valence-corrected chi connectivity index (χ4v) is 2.58. The first-order valence-corrected chi connectivity index (χ1v) is 7.39. The maximum Gasteiger partial charge on any atom is 0.0594 e. The van der Waals surface area contributed by atoms with Gasteiger partial charge in [0.05, 0.1) is 13.2 Å². The zero-order valence-electron chi connectivity index (χ0n) is 11.5. The number of nitrogens with zero attached hydrogens (tertiary/aromatic N) is 1. The van der Waals surface area contributed by atoms with Crippen molar-refractivity contribution in [3.05, 3.63) is 34.3 Å². The van der Waals surface area contributed by atoms with Crippen LogP contribution < -0.4 is 30.1 Å². The van der Waals surface area contributed by atoms with Gasteiger partial charge in [-0.05, 0) is 37.2 Å². The van der Waals surface area contributed by atoms with Crippen molar-refractivity contribution in [3.63, 3.8) is 0 Å². The lowest BCUT2D eigenvalue weighted by atomic mass is 10.2. The molecule has 1 aliphatic heterocycles. The first-order valence-electron chi connectivity index (χ1n) is 6.60. The van der Waals surface area contributed by atoms with E-state index >= 15 is 0 Å². The van der Waals surface area contributed by atoms with E-state index in [2.05, 4.69) is 50.4 Å². The van der Waals surface area contributed by atoms with Crippen LogP contribution in [0.2, 0.25) is 0 Å². The van der Waals surface area contributed by atoms with Crippen LogP contribution in [-0.2, 0) is 11.3 Å². The Hall–Kier alpha value is 0.160. The summed E-state index contributed by atoms with van der Waals surface area (Å²) in [5.74, 6) is 0. The van der Waals surface area contributed by atoms with Crippen molar-refractivity contribution in [3.8, 4) is 0 Å². The maximum absolute atomic E-state index is 5.33. The molecule has 0 atom stereocenters. The highest BCUT2D eigenvalue weighted by Gasteiger charge is 2.08. The Bertz CT molecular complexity index is 363. The van der Waals surface area contributed by atoms with E-state index < -0.39 is 0 Å². The van der Waals surface area contributed by atoms with Crippen LogP contribution in [0, 0.1) is 0 Å². The van der Waals surface area contributed by atoms with Crippen molar-refractivity contribution >= 4 is 15.9 Å². The summed E-state index contributed by atoms with van der Waals surface area (Å²) in [6.45, 7) is 7.16. The molecule has 116 valence electrons. The molecule has 0 radical (unpaired) electrons. The van der Waals surface area contributed by atoms with Crippen molar-refractivity contribution in [2.24, 2.45) is 0 Å². The summed E-state index contributed by atoms with van der Waals surface area (Å²) in [5, 5.41) is 3.49. The average molecular weight is 384 g/mol. The third-order valence-corrected chi connectivity index (χ3v) is 3.64. The summed E-state index contributed by atoms with van der Waals surface area (Å²) >= 11 is 3.49. The monoisotopic (exact) mass is 382 g/mol. The van der Waals surface area contributed by atoms with E-state index in [1.807, 2.05) is 0 Å². The summed E-state index contributed by atoms with van der Waals surface area (Å²) in [7, 11) is 0. The number of hydrogen-bond donors (Lipinski definition) is 1. The van der Waals surface area contributed by atoms with Gasteiger partial charge in [0.15, 0.2) is 0 Å². The number of nitrogens with one attached hydrogen (secondary N) is 1. The van der Waals surface area contributed by atoms with E-state index in [0.717, 1.165) is 43.9 Å². The van der Waals surface area contributed by atoms with Crippen molar-refractivity contribution in [1.29, 1.82) is 0 Å². The van der Waals surface area contributed by atoms with E-state index in [1.54, 1.807) is 0 Å². The van der Waals surface area contributed by atoms with Gasteiger partial charge in [-0.3, -0.25) is 4.90 Å². The molecule has 0 aromatic heterocycles. The quantitative estimate of drug-likeness (QED) is 0.511. The summed E-state index contributed by atoms with van der Waals surface area (Å²) in [4.78, 5) is 2.48. The highest BCUT2D eigenvalue weighted by Crippen LogP contribution is 2.11. The molecule has 1 saturated heterocycles. The maximum atomic E-state index is 5.33. The minimum absolute atomic E-state index is 0. The van der Waals surface area contributed by atoms with Gasteiger partial charge in [-0.2, -0.15) is 0 Å². The topological polar surface area (TPSA) is 24.5 Å². The zero-order valence-corrected chi connectivity index (χ0v) is 14.6. The number of hydrogen-bond acceptors (Lipinski definition) is 3. The smallest absolute Gasteiger partial charge is 0.0594 e. The number of morpholine rings is 1. The van der Waals surface area contributed by atoms with Crippen LogP contribution >= 0.6 is 15.9 Å². The Labute approximate surface area is 142 Å². The number of halogens is 3. The largest absolute Gasteiger partial charge is 1.00 e. The van der Waals surface area contributed by atoms with Gasteiger partial charge in [-0.1, -0.05) is 28.1 Å². The summed E-state index contributed by atoms with van der Waals surface area (Å²) in [6, 6.07) is 8.45. The SMILES string of the molecule is Brc1cccc(CNCCCN2CCOCC2)c1.[Cl-].[Cl-]. The lowest BCUT2D eigenvalue weighted by Crippen LogP contribution is -3.00. The van der Waals surface area contributed by atoms with Gasteiger partial charge < -0.3 is 34.9 Å². The lowest BCUT2D eigenvalue weighted by molar-refractivity contribution is -0.00100. The van der Waals surface area contributed by atoms with Crippen LogP contribution in [0.4, 0.5) is 0 Å². The number of ether oxygens (including phenoxy) is 1. The molecule has 0 unspecified atom stereocenters. The first kappa shape index (κ1) is 20.2. The molecule has 0 saturated carbocycles. The predicted molar refractivity (Wildman–Crippen MR) is 77.7 cm³/mol. The van der Waals surface area contributed by atoms with Crippen molar-refractivity contribution in [2.75, 3.05) is 39.4 Å². The third-order valence-electron chi connectivity index (χ3n) is 3.15. The van der Waals surface area contributed by atoms with Gasteiger partial charge in [-0.15, -0.1) is 0 Å². The van der Waals surface area contributed by atoms with Crippen molar-refractivity contribution in [1.82, 2.24) is 10.2 Å². The standard InChI is InChI=1S/C14H21BrN2O.2ClH/c15-14-4-1-3-13(11-14)12-16-5-2-6-17-7-9-18-10-8-17;;/h1,3-4,11,16H,2,5-10,12H2;2*1H/p-2. The Morgan fingerprint density at radius 2 is 1.95 bits per heavy atom. The third kappa shape index (κ3) is 7.81. The molecule has 6 heteroatoms. The Kier molecular flexibility index (Phi) is 11.9. The molecule has 2 rings (SSSR count). The molecule has 0 bridgehead atoms. The normalized spacial score (nSPS) is 15.2. The van der Waals surface area contributed by atoms with Crippen LogP contribution in [-0.4, -0.2) is 44.3 Å². The fourth-order valence-electron chi connectivity index (χ4n) is 2.13. The van der Waals surface area contributed by atoms with Gasteiger partial charge in [0.25, 0.3) is 0 Å². The number of benzene rings is 1. The molecule has 1 heterocycles. The van der Waals surface area contributed by atoms with E-state index in [9.17, 15) is 0 Å². The average Bonchev–Trinajstić information content (AvgIpc) is 2.40. The molecule has 1 aliphatic rings. The molecular weight excluding hydrogens is 363 g/mol. The van der Waals surface area contributed by atoms with Crippen molar-refractivity contribution in [2.45, 2.75) is 13.0 Å². The molecule has 0 spiro atoms. The van der Waals surface area contributed by atoms with Gasteiger partial charge in [-0.25, -0.2) is 0 Å². The van der Waals surface area contributed by atoms with Gasteiger partial charge in [0, 0.05) is 24.1 Å². The van der Waals surface area contributed by atoms with Gasteiger partial charge in [0.1, 0.15) is 0 Å². The number of rotatable bonds is 6. The van der Waals surface area contributed by atoms with E-state index in [1.165, 1.54) is 18.5 Å². The molecule has 0 amide bonds. The molecule has 20 heavy (non-hydrogen) atoms. The molecule has 1 aromatic carbocycles. The highest BCUT2D eigenvalue weighted by molar-refractivity contribution is 9.10. The summed E-state index contributed by atoms with van der Waals surface area (Å²) in [6.07, 6.45) is 1.20. The van der Waals surface area contributed by atoms with E-state index in [-0.39, 0.29) is 24.8 Å². The second-order valence-electron chi connectivity index (χ2n) is 4.61. The minimum Gasteiger partial charge on any atom is -1.00 e. The highest BCUT2D eigenvalue weighted by atomic mass is 79.9. The molecular formula is C14H21BrCl2N2O-2. The Morgan fingerprint density at radius 3 is 2.65 bits per heavy atom. The molecule has 0 aliphatic carbocycles. The van der Waals surface area contributed by atoms with Gasteiger partial charge in [0.2, 0.25) is 0 Å². The lowest BCUT2D eigenvalue weighted by Gasteiger charge is -2.26. The predicted octanol–water partition coefficient (Wildman–Crippen LogP) is -3.73. The molecule has 3 nitrogen and oxygen atoms in total. The zero-order chi connectivity index (χ0) is 12.6. The second kappa shape index (κ2) is 11.8. The van der Waals surface area contributed by atoms with Crippen LogP contribution in [0.25, 0.3) is 0 Å². The van der Waals surface area contributed by atoms with Crippen LogP contribution in [0.5, 0.6) is 0 Å². The van der Waals surface area contributed by atoms with Crippen molar-refractivity contribution < 1.29 is 29.6 Å². The van der Waals surface area contributed by atoms with Crippen LogP contribution in [0.3, 0.4) is 0 Å². The fraction of sp³-hybridized carbons (Fsp3) is 0.571. The van der Waals surface area contributed by atoms with Crippen LogP contribution in [0.1, 0.15) is 12.0 Å². The second-order valence-corrected chi connectivity index (χ2v) is 5.53. The summed E-state index contributed by atoms with van der Waals surface area (Å²) in [5.41, 5.74) is 1.33. The molecule has 1 N–H and O–H groups in total. The molecule has 1 aromatic rings.